The van der Waals surface area contributed by atoms with Gasteiger partial charge in [-0.3, -0.25) is 20.2 Å². The Labute approximate surface area is 191 Å². The second-order valence-corrected chi connectivity index (χ2v) is 8.40. The molecule has 0 saturated carbocycles. The van der Waals surface area contributed by atoms with Crippen LogP contribution in [0.25, 0.3) is 0 Å². The second-order valence-electron chi connectivity index (χ2n) is 6.10. The number of para-hydroxylation sites is 2. The van der Waals surface area contributed by atoms with Crippen molar-refractivity contribution < 1.29 is 43.4 Å². The number of nitrogens with zero attached hydrogens (tertiary/aromatic N) is 2. The lowest BCUT2D eigenvalue weighted by atomic mass is 10.3. The van der Waals surface area contributed by atoms with Crippen LogP contribution >= 0.6 is 0 Å². The Morgan fingerprint density at radius 3 is 1.15 bits per heavy atom. The molecule has 3 aromatic carbocycles. The highest BCUT2D eigenvalue weighted by Crippen LogP contribution is 2.31. The van der Waals surface area contributed by atoms with Crippen molar-refractivity contribution in [1.29, 1.82) is 0 Å². The fraction of sp³-hybridized carbons (Fsp3) is 0. The molecular weight excluding hydrogens is 500 g/mol. The van der Waals surface area contributed by atoms with Crippen molar-refractivity contribution in [2.24, 2.45) is 0 Å². The molecule has 0 atom stereocenters. The maximum absolute atomic E-state index is 12.2. The van der Waals surface area contributed by atoms with E-state index in [1.165, 1.54) is 12.1 Å². The van der Waals surface area contributed by atoms with Crippen LogP contribution in [-0.4, -0.2) is 26.7 Å². The Morgan fingerprint density at radius 2 is 0.853 bits per heavy atom. The lowest BCUT2D eigenvalue weighted by Gasteiger charge is -2.12. The molecule has 0 aliphatic rings. The molecule has 0 unspecified atom stereocenters. The molecular formula is C18H12N2O12S2. The van der Waals surface area contributed by atoms with Gasteiger partial charge in [0.15, 0.2) is 11.5 Å². The van der Waals surface area contributed by atoms with E-state index in [1.807, 2.05) is 0 Å². The molecule has 3 rings (SSSR count). The average Bonchev–Trinajstić information content (AvgIpc) is 2.75. The molecule has 0 aromatic heterocycles. The van der Waals surface area contributed by atoms with Crippen LogP contribution in [0.2, 0.25) is 0 Å². The van der Waals surface area contributed by atoms with Gasteiger partial charge in [-0.15, -0.1) is 16.8 Å². The summed E-state index contributed by atoms with van der Waals surface area (Å²) in [5.74, 6) is -1.78. The van der Waals surface area contributed by atoms with Crippen molar-refractivity contribution in [2.75, 3.05) is 0 Å². The summed E-state index contributed by atoms with van der Waals surface area (Å²) in [7, 11) is -9.64. The van der Waals surface area contributed by atoms with E-state index in [2.05, 4.69) is 8.37 Å². The van der Waals surface area contributed by atoms with Crippen molar-refractivity contribution in [1.82, 2.24) is 0 Å². The summed E-state index contributed by atoms with van der Waals surface area (Å²) in [6, 6.07) is 12.8. The average molecular weight is 512 g/mol. The number of non-ortho nitro benzene ring substituents is 2. The van der Waals surface area contributed by atoms with Crippen LogP contribution in [0.5, 0.6) is 23.0 Å². The molecule has 16 heteroatoms. The van der Waals surface area contributed by atoms with Gasteiger partial charge < -0.3 is 16.7 Å². The largest absolute Gasteiger partial charge is 0.501 e. The Kier molecular flexibility index (Phi) is 6.83. The number of hydrogen-bond donors (Lipinski definition) is 0. The number of rotatable bonds is 10. The predicted octanol–water partition coefficient (Wildman–Crippen LogP) is 2.91. The van der Waals surface area contributed by atoms with Gasteiger partial charge in [-0.05, 0) is 36.4 Å². The number of nitro groups is 2. The molecule has 3 aromatic rings. The van der Waals surface area contributed by atoms with E-state index in [9.17, 15) is 37.1 Å². The summed E-state index contributed by atoms with van der Waals surface area (Å²) < 4.78 is 67.7. The molecule has 0 N–H and O–H groups in total. The molecule has 0 radical (unpaired) electrons. The molecule has 14 nitrogen and oxygen atoms in total. The zero-order valence-electron chi connectivity index (χ0n) is 16.5. The molecule has 0 bridgehead atoms. The van der Waals surface area contributed by atoms with Gasteiger partial charge in [-0.1, -0.05) is 12.1 Å². The van der Waals surface area contributed by atoms with Gasteiger partial charge in [0.1, 0.15) is 11.5 Å². The van der Waals surface area contributed by atoms with E-state index >= 15 is 0 Å². The first-order chi connectivity index (χ1) is 15.9. The van der Waals surface area contributed by atoms with Crippen molar-refractivity contribution >= 4 is 32.2 Å². The summed E-state index contributed by atoms with van der Waals surface area (Å²) in [6.45, 7) is 0. The lowest BCUT2D eigenvalue weighted by Crippen LogP contribution is -2.19. The van der Waals surface area contributed by atoms with Crippen molar-refractivity contribution in [3.63, 3.8) is 0 Å². The monoisotopic (exact) mass is 512 g/mol. The van der Waals surface area contributed by atoms with Gasteiger partial charge >= 0.3 is 20.8 Å². The molecule has 0 saturated heterocycles. The van der Waals surface area contributed by atoms with Crippen molar-refractivity contribution in [2.45, 2.75) is 0 Å². The standard InChI is InChI=1S/C18H12N2O12S2/c21-19(22)13-5-9-15(10-6-13)29-33(25,26)31-17-3-1-2-4-18(17)32-34(27,28)30-16-11-7-14(8-12-16)20(23)24/h1-12H. The maximum Gasteiger partial charge on any atom is 0.501 e. The molecule has 0 aliphatic heterocycles. The zero-order chi connectivity index (χ0) is 24.9. The minimum absolute atomic E-state index is 0.303. The van der Waals surface area contributed by atoms with Crippen LogP contribution in [0.4, 0.5) is 11.4 Å². The van der Waals surface area contributed by atoms with E-state index in [0.717, 1.165) is 60.7 Å². The van der Waals surface area contributed by atoms with E-state index in [4.69, 9.17) is 8.37 Å². The van der Waals surface area contributed by atoms with Crippen LogP contribution in [0, 0.1) is 20.2 Å². The van der Waals surface area contributed by atoms with E-state index in [-0.39, 0.29) is 22.9 Å². The molecule has 0 fully saturated rings. The predicted molar refractivity (Wildman–Crippen MR) is 113 cm³/mol. The van der Waals surface area contributed by atoms with Crippen molar-refractivity contribution in [3.05, 3.63) is 93.0 Å². The summed E-state index contributed by atoms with van der Waals surface area (Å²) in [6.07, 6.45) is 0. The van der Waals surface area contributed by atoms with Crippen LogP contribution in [0.3, 0.4) is 0 Å². The molecule has 0 aliphatic carbocycles. The third kappa shape index (κ3) is 6.53. The molecule has 34 heavy (non-hydrogen) atoms. The van der Waals surface area contributed by atoms with Gasteiger partial charge in [0.05, 0.1) is 9.85 Å². The first kappa shape index (κ1) is 24.2. The first-order valence-corrected chi connectivity index (χ1v) is 11.5. The minimum Gasteiger partial charge on any atom is -0.353 e. The van der Waals surface area contributed by atoms with Gasteiger partial charge in [0, 0.05) is 24.3 Å². The quantitative estimate of drug-likeness (QED) is 0.285. The third-order valence-corrected chi connectivity index (χ3v) is 5.29. The summed E-state index contributed by atoms with van der Waals surface area (Å²) >= 11 is 0. The Hall–Kier alpha value is -4.44. The Morgan fingerprint density at radius 1 is 0.529 bits per heavy atom. The molecule has 0 amide bonds. The number of hydrogen-bond acceptors (Lipinski definition) is 12. The zero-order valence-corrected chi connectivity index (χ0v) is 18.2. The van der Waals surface area contributed by atoms with Crippen LogP contribution in [-0.2, 0) is 20.8 Å². The topological polar surface area (TPSA) is 191 Å². The van der Waals surface area contributed by atoms with Gasteiger partial charge in [0.25, 0.3) is 11.4 Å². The molecule has 178 valence electrons. The third-order valence-electron chi connectivity index (χ3n) is 3.72. The fourth-order valence-corrected chi connectivity index (χ4v) is 3.80. The van der Waals surface area contributed by atoms with E-state index < -0.39 is 42.1 Å². The Bertz CT molecular complexity index is 1310. The van der Waals surface area contributed by atoms with Crippen LogP contribution < -0.4 is 16.7 Å². The smallest absolute Gasteiger partial charge is 0.353 e. The Balaban J connectivity index is 1.74. The van der Waals surface area contributed by atoms with Crippen LogP contribution in [0.1, 0.15) is 0 Å². The molecule has 0 heterocycles. The lowest BCUT2D eigenvalue weighted by molar-refractivity contribution is -0.385. The number of benzene rings is 3. The van der Waals surface area contributed by atoms with Gasteiger partial charge in [0.2, 0.25) is 0 Å². The summed E-state index contributed by atoms with van der Waals surface area (Å²) in [5.41, 5.74) is -0.606. The van der Waals surface area contributed by atoms with Crippen LogP contribution in [0.15, 0.2) is 72.8 Å². The normalized spacial score (nSPS) is 11.3. The first-order valence-electron chi connectivity index (χ1n) is 8.80. The summed E-state index contributed by atoms with van der Waals surface area (Å²) in [4.78, 5) is 20.0. The maximum atomic E-state index is 12.2. The van der Waals surface area contributed by atoms with Gasteiger partial charge in [-0.2, -0.15) is 0 Å². The minimum atomic E-state index is -4.82. The van der Waals surface area contributed by atoms with Gasteiger partial charge in [-0.25, -0.2) is 0 Å². The summed E-state index contributed by atoms with van der Waals surface area (Å²) in [5, 5.41) is 21.3. The van der Waals surface area contributed by atoms with E-state index in [1.54, 1.807) is 0 Å². The molecule has 0 spiro atoms. The highest BCUT2D eigenvalue weighted by Gasteiger charge is 2.24. The highest BCUT2D eigenvalue weighted by atomic mass is 32.3. The highest BCUT2D eigenvalue weighted by molar-refractivity contribution is 7.83. The van der Waals surface area contributed by atoms with E-state index in [0.29, 0.717) is 0 Å². The number of nitro benzene ring substituents is 2. The second kappa shape index (κ2) is 9.59. The fourth-order valence-electron chi connectivity index (χ4n) is 2.32. The SMILES string of the molecule is O=[N+]([O-])c1ccc(OS(=O)(=O)Oc2ccccc2OS(=O)(=O)Oc2ccc([N+](=O)[O-])cc2)cc1. The van der Waals surface area contributed by atoms with Crippen molar-refractivity contribution in [3.8, 4) is 23.0 Å².